The third-order valence-electron chi connectivity index (χ3n) is 5.88. The Bertz CT molecular complexity index is 1310. The molecule has 1 heterocycles. The number of nitrogens with one attached hydrogen (secondary N) is 4. The molecule has 13 heteroatoms. The molecule has 0 saturated carbocycles. The van der Waals surface area contributed by atoms with E-state index >= 15 is 0 Å². The second kappa shape index (κ2) is 15.0. The quantitative estimate of drug-likeness (QED) is 0.112. The van der Waals surface area contributed by atoms with E-state index in [4.69, 9.17) is 10.2 Å². The van der Waals surface area contributed by atoms with Crippen LogP contribution in [0.5, 0.6) is 0 Å². The number of carboxylic acid groups (broad SMARTS) is 2. The molecule has 1 aromatic heterocycles. The molecule has 1 unspecified atom stereocenters. The van der Waals surface area contributed by atoms with Crippen LogP contribution in [-0.2, 0) is 22.6 Å². The Morgan fingerprint density at radius 3 is 2.02 bits per heavy atom. The van der Waals surface area contributed by atoms with Crippen molar-refractivity contribution >= 4 is 24.0 Å². The van der Waals surface area contributed by atoms with Gasteiger partial charge in [0.2, 0.25) is 5.91 Å². The third-order valence-corrected chi connectivity index (χ3v) is 5.88. The smallest absolute Gasteiger partial charge is 0.405 e. The molecule has 0 fully saturated rings. The highest BCUT2D eigenvalue weighted by atomic mass is 16.4. The Hall–Kier alpha value is -5.01. The molecule has 216 valence electrons. The number of aliphatic hydroxyl groups is 1. The van der Waals surface area contributed by atoms with E-state index in [2.05, 4.69) is 15.7 Å². The predicted octanol–water partition coefficient (Wildman–Crippen LogP) is 1.55. The Labute approximate surface area is 236 Å². The largest absolute Gasteiger partial charge is 0.465 e. The molecule has 7 N–H and O–H groups in total. The number of benzene rings is 2. The van der Waals surface area contributed by atoms with Gasteiger partial charge in [-0.3, -0.25) is 20.0 Å². The van der Waals surface area contributed by atoms with Crippen LogP contribution in [0.25, 0.3) is 11.3 Å². The Balaban J connectivity index is 1.76. The Kier molecular flexibility index (Phi) is 11.1. The van der Waals surface area contributed by atoms with Crippen LogP contribution in [0.3, 0.4) is 0 Å². The molecule has 1 atom stereocenters. The van der Waals surface area contributed by atoms with Crippen molar-refractivity contribution in [2.24, 2.45) is 0 Å². The zero-order chi connectivity index (χ0) is 29.7. The number of hydrogen-bond acceptors (Lipinski definition) is 7. The topological polar surface area (TPSA) is 193 Å². The SMILES string of the molecule is O=C(O)NCC(=O)NN(CCC(O)(Cc1ccccc1)NC(=O)CNC(=O)O)Cc1ccc(-c2ccccn2)cc1. The van der Waals surface area contributed by atoms with E-state index in [-0.39, 0.29) is 25.9 Å². The second-order valence-corrected chi connectivity index (χ2v) is 9.18. The van der Waals surface area contributed by atoms with Crippen LogP contribution in [-0.4, -0.2) is 74.7 Å². The first kappa shape index (κ1) is 30.5. The maximum Gasteiger partial charge on any atom is 0.405 e. The Morgan fingerprint density at radius 2 is 1.41 bits per heavy atom. The van der Waals surface area contributed by atoms with Crippen LogP contribution >= 0.6 is 0 Å². The molecule has 0 bridgehead atoms. The standard InChI is InChI=1S/C28H32N6O7/c35-24(17-30-26(37)38)32-28(41,16-20-6-2-1-3-7-20)13-15-34(33-25(36)18-31-27(39)40)19-21-9-11-22(12-10-21)23-8-4-5-14-29-23/h1-12,14,30-31,41H,13,15-19H2,(H,32,35)(H,33,36)(H,37,38)(H,39,40). The number of aromatic nitrogens is 1. The number of pyridine rings is 1. The number of hydrazine groups is 1. The summed E-state index contributed by atoms with van der Waals surface area (Å²) in [6, 6.07) is 22.0. The first-order chi connectivity index (χ1) is 19.6. The highest BCUT2D eigenvalue weighted by Crippen LogP contribution is 2.19. The van der Waals surface area contributed by atoms with Gasteiger partial charge >= 0.3 is 12.2 Å². The lowest BCUT2D eigenvalue weighted by Gasteiger charge is -2.32. The molecule has 0 spiro atoms. The maximum atomic E-state index is 12.4. The molecular formula is C28H32N6O7. The van der Waals surface area contributed by atoms with E-state index in [9.17, 15) is 24.3 Å². The van der Waals surface area contributed by atoms with Crippen molar-refractivity contribution in [2.75, 3.05) is 19.6 Å². The summed E-state index contributed by atoms with van der Waals surface area (Å²) in [5.74, 6) is -1.36. The first-order valence-corrected chi connectivity index (χ1v) is 12.7. The van der Waals surface area contributed by atoms with Gasteiger partial charge in [0.25, 0.3) is 5.91 Å². The van der Waals surface area contributed by atoms with Crippen molar-refractivity contribution in [2.45, 2.75) is 25.1 Å². The molecule has 3 rings (SSSR count). The normalized spacial score (nSPS) is 12.1. The van der Waals surface area contributed by atoms with Crippen molar-refractivity contribution < 1.29 is 34.5 Å². The van der Waals surface area contributed by atoms with Crippen LogP contribution < -0.4 is 21.4 Å². The molecular weight excluding hydrogens is 532 g/mol. The molecule has 0 saturated heterocycles. The summed E-state index contributed by atoms with van der Waals surface area (Å²) < 4.78 is 0. The average Bonchev–Trinajstić information content (AvgIpc) is 2.95. The van der Waals surface area contributed by atoms with E-state index in [1.807, 2.05) is 53.1 Å². The van der Waals surface area contributed by atoms with Crippen molar-refractivity contribution in [3.05, 3.63) is 90.1 Å². The predicted molar refractivity (Wildman–Crippen MR) is 148 cm³/mol. The van der Waals surface area contributed by atoms with Crippen molar-refractivity contribution in [3.63, 3.8) is 0 Å². The van der Waals surface area contributed by atoms with Gasteiger partial charge in [-0.05, 0) is 23.3 Å². The van der Waals surface area contributed by atoms with Gasteiger partial charge in [0.1, 0.15) is 18.8 Å². The fraction of sp³-hybridized carbons (Fsp3) is 0.250. The second-order valence-electron chi connectivity index (χ2n) is 9.18. The molecule has 0 aliphatic rings. The minimum atomic E-state index is -1.80. The van der Waals surface area contributed by atoms with Crippen LogP contribution in [0.15, 0.2) is 79.0 Å². The van der Waals surface area contributed by atoms with Crippen molar-refractivity contribution in [1.82, 2.24) is 31.4 Å². The summed E-state index contributed by atoms with van der Waals surface area (Å²) >= 11 is 0. The molecule has 4 amide bonds. The van der Waals surface area contributed by atoms with E-state index in [1.54, 1.807) is 36.5 Å². The minimum Gasteiger partial charge on any atom is -0.465 e. The molecule has 3 aromatic rings. The van der Waals surface area contributed by atoms with E-state index in [0.29, 0.717) is 5.56 Å². The van der Waals surface area contributed by atoms with Gasteiger partial charge < -0.3 is 31.3 Å². The van der Waals surface area contributed by atoms with Crippen LogP contribution in [0, 0.1) is 0 Å². The van der Waals surface area contributed by atoms with Crippen molar-refractivity contribution in [3.8, 4) is 11.3 Å². The van der Waals surface area contributed by atoms with Gasteiger partial charge in [0.05, 0.1) is 5.69 Å². The van der Waals surface area contributed by atoms with E-state index in [0.717, 1.165) is 16.8 Å². The van der Waals surface area contributed by atoms with Crippen molar-refractivity contribution in [1.29, 1.82) is 0 Å². The monoisotopic (exact) mass is 564 g/mol. The lowest BCUT2D eigenvalue weighted by molar-refractivity contribution is -0.130. The van der Waals surface area contributed by atoms with Crippen LogP contribution in [0.1, 0.15) is 17.5 Å². The average molecular weight is 565 g/mol. The number of carbonyl (C=O) groups excluding carboxylic acids is 2. The van der Waals surface area contributed by atoms with Crippen LogP contribution in [0.4, 0.5) is 9.59 Å². The van der Waals surface area contributed by atoms with E-state index in [1.165, 1.54) is 5.01 Å². The number of nitrogens with zero attached hydrogens (tertiary/aromatic N) is 2. The fourth-order valence-corrected chi connectivity index (χ4v) is 3.99. The third kappa shape index (κ3) is 10.9. The molecule has 0 aliphatic carbocycles. The molecule has 13 nitrogen and oxygen atoms in total. The highest BCUT2D eigenvalue weighted by molar-refractivity contribution is 5.82. The first-order valence-electron chi connectivity index (χ1n) is 12.7. The summed E-state index contributed by atoms with van der Waals surface area (Å²) in [5.41, 5.74) is 4.04. The highest BCUT2D eigenvalue weighted by Gasteiger charge is 2.30. The zero-order valence-electron chi connectivity index (χ0n) is 22.1. The minimum absolute atomic E-state index is 0.00772. The van der Waals surface area contributed by atoms with Gasteiger partial charge in [0.15, 0.2) is 0 Å². The molecule has 2 aromatic carbocycles. The van der Waals surface area contributed by atoms with Gasteiger partial charge in [0, 0.05) is 37.7 Å². The maximum absolute atomic E-state index is 12.4. The summed E-state index contributed by atoms with van der Waals surface area (Å²) in [6.45, 7) is -0.819. The van der Waals surface area contributed by atoms with E-state index < -0.39 is 42.8 Å². The lowest BCUT2D eigenvalue weighted by atomic mass is 9.98. The fourth-order valence-electron chi connectivity index (χ4n) is 3.99. The van der Waals surface area contributed by atoms with Gasteiger partial charge in [-0.2, -0.15) is 0 Å². The van der Waals surface area contributed by atoms with Gasteiger partial charge in [-0.15, -0.1) is 0 Å². The molecule has 41 heavy (non-hydrogen) atoms. The summed E-state index contributed by atoms with van der Waals surface area (Å²) in [5, 5.41) is 37.0. The Morgan fingerprint density at radius 1 is 0.780 bits per heavy atom. The molecule has 0 aliphatic heterocycles. The summed E-state index contributed by atoms with van der Waals surface area (Å²) in [7, 11) is 0. The summed E-state index contributed by atoms with van der Waals surface area (Å²) in [6.07, 6.45) is -1.11. The van der Waals surface area contributed by atoms with Gasteiger partial charge in [-0.25, -0.2) is 14.6 Å². The number of carbonyl (C=O) groups is 4. The lowest BCUT2D eigenvalue weighted by Crippen LogP contribution is -2.55. The van der Waals surface area contributed by atoms with Crippen LogP contribution in [0.2, 0.25) is 0 Å². The number of amides is 4. The summed E-state index contributed by atoms with van der Waals surface area (Å²) in [4.78, 5) is 50.8. The number of rotatable bonds is 14. The van der Waals surface area contributed by atoms with Gasteiger partial charge in [-0.1, -0.05) is 60.7 Å². The zero-order valence-corrected chi connectivity index (χ0v) is 22.1. The number of hydrogen-bond donors (Lipinski definition) is 7. The molecule has 0 radical (unpaired) electrons.